The van der Waals surface area contributed by atoms with E-state index in [-0.39, 0.29) is 11.1 Å². The highest BCUT2D eigenvalue weighted by Gasteiger charge is 2.08. The maximum absolute atomic E-state index is 13.6. The van der Waals surface area contributed by atoms with Crippen LogP contribution in [0.4, 0.5) is 4.39 Å². The molecule has 0 saturated carbocycles. The minimum atomic E-state index is -0.444. The van der Waals surface area contributed by atoms with E-state index in [2.05, 4.69) is 0 Å². The monoisotopic (exact) mass is 291 g/mol. The number of nitrogens with zero attached hydrogens (tertiary/aromatic N) is 1. The van der Waals surface area contributed by atoms with Gasteiger partial charge in [0, 0.05) is 15.6 Å². The van der Waals surface area contributed by atoms with Gasteiger partial charge in [0.2, 0.25) is 0 Å². The van der Waals surface area contributed by atoms with Crippen molar-refractivity contribution in [2.75, 3.05) is 0 Å². The lowest BCUT2D eigenvalue weighted by Gasteiger charge is -2.03. The number of benzene rings is 2. The van der Waals surface area contributed by atoms with Crippen molar-refractivity contribution < 1.29 is 4.39 Å². The van der Waals surface area contributed by atoms with Crippen molar-refractivity contribution in [1.82, 2.24) is 0 Å². The summed E-state index contributed by atoms with van der Waals surface area (Å²) in [6, 6.07) is 13.0. The summed E-state index contributed by atoms with van der Waals surface area (Å²) in [6.45, 7) is 0. The second kappa shape index (κ2) is 5.88. The van der Waals surface area contributed by atoms with E-state index in [4.69, 9.17) is 28.5 Å². The Morgan fingerprint density at radius 1 is 1.16 bits per heavy atom. The van der Waals surface area contributed by atoms with Gasteiger partial charge in [0.25, 0.3) is 0 Å². The Kier molecular flexibility index (Phi) is 4.21. The molecule has 0 heterocycles. The summed E-state index contributed by atoms with van der Waals surface area (Å²) in [5.74, 6) is -0.444. The van der Waals surface area contributed by atoms with E-state index in [1.54, 1.807) is 36.4 Å². The molecule has 0 aliphatic heterocycles. The second-order valence-electron chi connectivity index (χ2n) is 3.82. The fraction of sp³-hybridized carbons (Fsp3) is 0. The largest absolute Gasteiger partial charge is 0.206 e. The van der Waals surface area contributed by atoms with Gasteiger partial charge in [0.15, 0.2) is 0 Å². The molecule has 0 unspecified atom stereocenters. The zero-order valence-corrected chi connectivity index (χ0v) is 11.2. The van der Waals surface area contributed by atoms with Gasteiger partial charge in [-0.2, -0.15) is 5.26 Å². The van der Waals surface area contributed by atoms with Crippen LogP contribution in [-0.2, 0) is 0 Å². The van der Waals surface area contributed by atoms with E-state index in [9.17, 15) is 4.39 Å². The molecule has 0 spiro atoms. The zero-order valence-electron chi connectivity index (χ0n) is 9.70. The number of halogens is 3. The molecular formula is C15H8Cl2FN. The van der Waals surface area contributed by atoms with Gasteiger partial charge in [-0.1, -0.05) is 47.5 Å². The van der Waals surface area contributed by atoms with E-state index in [1.807, 2.05) is 6.07 Å². The number of nitriles is 1. The highest BCUT2D eigenvalue weighted by molar-refractivity contribution is 6.35. The molecule has 0 saturated heterocycles. The Bertz CT molecular complexity index is 687. The lowest BCUT2D eigenvalue weighted by Crippen LogP contribution is -1.87. The molecular weight excluding hydrogens is 284 g/mol. The second-order valence-corrected chi connectivity index (χ2v) is 4.66. The Morgan fingerprint density at radius 2 is 1.89 bits per heavy atom. The molecule has 0 atom stereocenters. The first-order chi connectivity index (χ1) is 9.11. The van der Waals surface area contributed by atoms with Crippen LogP contribution in [0.3, 0.4) is 0 Å². The molecule has 2 rings (SSSR count). The first-order valence-corrected chi connectivity index (χ1v) is 6.19. The van der Waals surface area contributed by atoms with Gasteiger partial charge in [0.05, 0.1) is 11.6 Å². The Labute approximate surface area is 120 Å². The molecule has 0 aromatic heterocycles. The van der Waals surface area contributed by atoms with Crippen LogP contribution in [0.15, 0.2) is 42.5 Å². The van der Waals surface area contributed by atoms with Gasteiger partial charge < -0.3 is 0 Å². The molecule has 0 bridgehead atoms. The summed E-state index contributed by atoms with van der Waals surface area (Å²) >= 11 is 11.8. The van der Waals surface area contributed by atoms with Crippen LogP contribution < -0.4 is 0 Å². The molecule has 0 N–H and O–H groups in total. The summed E-state index contributed by atoms with van der Waals surface area (Å²) in [5, 5.41) is 10.1. The summed E-state index contributed by atoms with van der Waals surface area (Å²) in [5.41, 5.74) is 1.07. The molecule has 0 fully saturated rings. The van der Waals surface area contributed by atoms with Gasteiger partial charge in [-0.25, -0.2) is 4.39 Å². The molecule has 2 aromatic rings. The zero-order chi connectivity index (χ0) is 13.8. The quantitative estimate of drug-likeness (QED) is 0.551. The molecule has 0 aliphatic rings. The van der Waals surface area contributed by atoms with E-state index in [0.29, 0.717) is 15.6 Å². The van der Waals surface area contributed by atoms with Crippen molar-refractivity contribution in [1.29, 1.82) is 5.26 Å². The maximum Gasteiger partial charge on any atom is 0.131 e. The fourth-order valence-electron chi connectivity index (χ4n) is 1.62. The molecule has 0 amide bonds. The normalized spacial score (nSPS) is 11.2. The Morgan fingerprint density at radius 3 is 2.53 bits per heavy atom. The molecule has 4 heteroatoms. The van der Waals surface area contributed by atoms with Crippen molar-refractivity contribution in [3.8, 4) is 6.07 Å². The van der Waals surface area contributed by atoms with E-state index >= 15 is 0 Å². The smallest absolute Gasteiger partial charge is 0.131 e. The lowest BCUT2D eigenvalue weighted by molar-refractivity contribution is 0.624. The predicted octanol–water partition coefficient (Wildman–Crippen LogP) is 5.20. The Hall–Kier alpha value is -1.82. The van der Waals surface area contributed by atoms with Crippen LogP contribution in [0.1, 0.15) is 11.1 Å². The number of hydrogen-bond acceptors (Lipinski definition) is 1. The van der Waals surface area contributed by atoms with Crippen molar-refractivity contribution in [3.05, 3.63) is 69.5 Å². The van der Waals surface area contributed by atoms with Crippen LogP contribution in [0, 0.1) is 17.1 Å². The van der Waals surface area contributed by atoms with E-state index in [0.717, 1.165) is 0 Å². The van der Waals surface area contributed by atoms with Gasteiger partial charge in [0.1, 0.15) is 5.82 Å². The van der Waals surface area contributed by atoms with Crippen LogP contribution in [0.25, 0.3) is 11.6 Å². The van der Waals surface area contributed by atoms with Crippen molar-refractivity contribution >= 4 is 34.9 Å². The lowest BCUT2D eigenvalue weighted by atomic mass is 10.0. The highest BCUT2D eigenvalue weighted by atomic mass is 35.5. The standard InChI is InChI=1S/C15H8Cl2FN/c16-12-6-5-10(14(17)8-12)7-11(9-19)13-3-1-2-4-15(13)18/h1-8H/b11-7-. The van der Waals surface area contributed by atoms with E-state index in [1.165, 1.54) is 12.1 Å². The third-order valence-electron chi connectivity index (χ3n) is 2.55. The summed E-state index contributed by atoms with van der Waals surface area (Å²) < 4.78 is 13.6. The number of rotatable bonds is 2. The predicted molar refractivity (Wildman–Crippen MR) is 76.3 cm³/mol. The molecule has 94 valence electrons. The van der Waals surface area contributed by atoms with Crippen LogP contribution in [-0.4, -0.2) is 0 Å². The summed E-state index contributed by atoms with van der Waals surface area (Å²) in [6.07, 6.45) is 1.54. The van der Waals surface area contributed by atoms with E-state index < -0.39 is 5.82 Å². The third-order valence-corrected chi connectivity index (χ3v) is 3.11. The molecule has 1 nitrogen and oxygen atoms in total. The highest BCUT2D eigenvalue weighted by Crippen LogP contribution is 2.26. The minimum absolute atomic E-state index is 0.210. The van der Waals surface area contributed by atoms with Gasteiger partial charge in [-0.15, -0.1) is 0 Å². The maximum atomic E-state index is 13.6. The van der Waals surface area contributed by atoms with Crippen molar-refractivity contribution in [3.63, 3.8) is 0 Å². The third kappa shape index (κ3) is 3.14. The number of allylic oxidation sites excluding steroid dienone is 1. The van der Waals surface area contributed by atoms with Crippen LogP contribution in [0.5, 0.6) is 0 Å². The Balaban J connectivity index is 2.51. The number of hydrogen-bond donors (Lipinski definition) is 0. The molecule has 19 heavy (non-hydrogen) atoms. The molecule has 0 radical (unpaired) electrons. The van der Waals surface area contributed by atoms with Gasteiger partial charge in [-0.3, -0.25) is 0 Å². The first kappa shape index (κ1) is 13.6. The average Bonchev–Trinajstić information content (AvgIpc) is 2.39. The average molecular weight is 292 g/mol. The summed E-state index contributed by atoms with van der Waals surface area (Å²) in [7, 11) is 0. The SMILES string of the molecule is N#C/C(=C/c1ccc(Cl)cc1Cl)c1ccccc1F. The molecule has 2 aromatic carbocycles. The van der Waals surface area contributed by atoms with Gasteiger partial charge >= 0.3 is 0 Å². The van der Waals surface area contributed by atoms with Crippen LogP contribution >= 0.6 is 23.2 Å². The minimum Gasteiger partial charge on any atom is -0.206 e. The van der Waals surface area contributed by atoms with Crippen LogP contribution in [0.2, 0.25) is 10.0 Å². The fourth-order valence-corrected chi connectivity index (χ4v) is 2.09. The van der Waals surface area contributed by atoms with Gasteiger partial charge in [-0.05, 0) is 29.8 Å². The van der Waals surface area contributed by atoms with Crippen molar-refractivity contribution in [2.45, 2.75) is 0 Å². The first-order valence-electron chi connectivity index (χ1n) is 5.43. The van der Waals surface area contributed by atoms with Crippen molar-refractivity contribution in [2.24, 2.45) is 0 Å². The topological polar surface area (TPSA) is 23.8 Å². The molecule has 0 aliphatic carbocycles. The summed E-state index contributed by atoms with van der Waals surface area (Å²) in [4.78, 5) is 0.